The van der Waals surface area contributed by atoms with E-state index in [0.29, 0.717) is 17.9 Å². The van der Waals surface area contributed by atoms with Crippen molar-refractivity contribution >= 4 is 11.6 Å². The molecule has 148 valence electrons. The average Bonchev–Trinajstić information content (AvgIpc) is 2.73. The molecule has 0 saturated heterocycles. The van der Waals surface area contributed by atoms with E-state index in [2.05, 4.69) is 10.3 Å². The minimum atomic E-state index is -0.478. The SMILES string of the molecule is C[C@H](NC(=O)Cc1ccccc1[N+](=O)[O-])c1cccc(OCc2ccccn2)c1. The molecule has 0 fully saturated rings. The summed E-state index contributed by atoms with van der Waals surface area (Å²) in [5.74, 6) is 0.388. The second kappa shape index (κ2) is 9.45. The molecule has 1 N–H and O–H groups in total. The van der Waals surface area contributed by atoms with Gasteiger partial charge in [-0.3, -0.25) is 19.9 Å². The lowest BCUT2D eigenvalue weighted by atomic mass is 10.1. The normalized spacial score (nSPS) is 11.5. The molecule has 0 radical (unpaired) electrons. The fraction of sp³-hybridized carbons (Fsp3) is 0.182. The van der Waals surface area contributed by atoms with Gasteiger partial charge in [-0.25, -0.2) is 0 Å². The van der Waals surface area contributed by atoms with E-state index in [4.69, 9.17) is 4.74 Å². The molecule has 1 aromatic heterocycles. The van der Waals surface area contributed by atoms with Crippen molar-refractivity contribution in [2.45, 2.75) is 26.0 Å². The van der Waals surface area contributed by atoms with Crippen LogP contribution in [-0.2, 0) is 17.8 Å². The molecule has 0 spiro atoms. The third-order valence-corrected chi connectivity index (χ3v) is 4.39. The van der Waals surface area contributed by atoms with Crippen molar-refractivity contribution in [1.82, 2.24) is 10.3 Å². The number of nitro groups is 1. The minimum absolute atomic E-state index is 0.0554. The Morgan fingerprint density at radius 1 is 1.14 bits per heavy atom. The highest BCUT2D eigenvalue weighted by molar-refractivity contribution is 5.80. The van der Waals surface area contributed by atoms with E-state index < -0.39 is 4.92 Å². The van der Waals surface area contributed by atoms with Gasteiger partial charge in [0.2, 0.25) is 5.91 Å². The first kappa shape index (κ1) is 20.0. The second-order valence-electron chi connectivity index (χ2n) is 6.53. The Bertz CT molecular complexity index is 992. The van der Waals surface area contributed by atoms with Crippen LogP contribution in [0.15, 0.2) is 72.9 Å². The fourth-order valence-electron chi connectivity index (χ4n) is 2.90. The van der Waals surface area contributed by atoms with Gasteiger partial charge in [0.15, 0.2) is 0 Å². The van der Waals surface area contributed by atoms with Crippen LogP contribution < -0.4 is 10.1 Å². The van der Waals surface area contributed by atoms with E-state index in [9.17, 15) is 14.9 Å². The number of aromatic nitrogens is 1. The van der Waals surface area contributed by atoms with Gasteiger partial charge < -0.3 is 10.1 Å². The van der Waals surface area contributed by atoms with Gasteiger partial charge in [-0.15, -0.1) is 0 Å². The molecule has 1 heterocycles. The summed E-state index contributed by atoms with van der Waals surface area (Å²) >= 11 is 0. The number of ether oxygens (including phenoxy) is 1. The van der Waals surface area contributed by atoms with Crippen molar-refractivity contribution in [1.29, 1.82) is 0 Å². The molecule has 0 aliphatic carbocycles. The molecular weight excluding hydrogens is 370 g/mol. The Morgan fingerprint density at radius 2 is 1.93 bits per heavy atom. The predicted molar refractivity (Wildman–Crippen MR) is 108 cm³/mol. The van der Waals surface area contributed by atoms with Crippen molar-refractivity contribution in [2.24, 2.45) is 0 Å². The number of benzene rings is 2. The van der Waals surface area contributed by atoms with E-state index in [1.54, 1.807) is 24.4 Å². The van der Waals surface area contributed by atoms with E-state index >= 15 is 0 Å². The van der Waals surface area contributed by atoms with Gasteiger partial charge in [0.1, 0.15) is 12.4 Å². The molecule has 29 heavy (non-hydrogen) atoms. The zero-order valence-corrected chi connectivity index (χ0v) is 15.9. The van der Waals surface area contributed by atoms with Crippen molar-refractivity contribution in [3.05, 3.63) is 99.9 Å². The standard InChI is InChI=1S/C22H21N3O4/c1-16(24-22(26)14-18-7-2-3-11-21(18)25(27)28)17-8-6-10-20(13-17)29-15-19-9-4-5-12-23-19/h2-13,16H,14-15H2,1H3,(H,24,26)/t16-/m0/s1. The lowest BCUT2D eigenvalue weighted by Crippen LogP contribution is -2.28. The molecule has 0 bridgehead atoms. The first-order valence-corrected chi connectivity index (χ1v) is 9.17. The highest BCUT2D eigenvalue weighted by atomic mass is 16.6. The summed E-state index contributed by atoms with van der Waals surface area (Å²) in [6.45, 7) is 2.21. The molecule has 3 rings (SSSR count). The van der Waals surface area contributed by atoms with Gasteiger partial charge in [0, 0.05) is 17.8 Å². The van der Waals surface area contributed by atoms with Gasteiger partial charge in [0.25, 0.3) is 5.69 Å². The number of nitro benzene ring substituents is 1. The number of carbonyl (C=O) groups excluding carboxylic acids is 1. The number of rotatable bonds is 8. The molecule has 0 saturated carbocycles. The van der Waals surface area contributed by atoms with Crippen LogP contribution in [0.1, 0.15) is 29.8 Å². The van der Waals surface area contributed by atoms with Crippen molar-refractivity contribution < 1.29 is 14.5 Å². The topological polar surface area (TPSA) is 94.4 Å². The first-order chi connectivity index (χ1) is 14.0. The van der Waals surface area contributed by atoms with E-state index in [0.717, 1.165) is 11.3 Å². The van der Waals surface area contributed by atoms with Crippen LogP contribution in [0.2, 0.25) is 0 Å². The van der Waals surface area contributed by atoms with Crippen LogP contribution in [0.3, 0.4) is 0 Å². The number of carbonyl (C=O) groups is 1. The van der Waals surface area contributed by atoms with Gasteiger partial charge in [0.05, 0.1) is 23.1 Å². The maximum absolute atomic E-state index is 12.4. The fourth-order valence-corrected chi connectivity index (χ4v) is 2.90. The molecule has 1 atom stereocenters. The maximum Gasteiger partial charge on any atom is 0.273 e. The van der Waals surface area contributed by atoms with Crippen LogP contribution in [0.4, 0.5) is 5.69 Å². The molecule has 0 unspecified atom stereocenters. The largest absolute Gasteiger partial charge is 0.487 e. The quantitative estimate of drug-likeness (QED) is 0.463. The monoisotopic (exact) mass is 391 g/mol. The summed E-state index contributed by atoms with van der Waals surface area (Å²) in [6, 6.07) is 19.1. The molecule has 7 nitrogen and oxygen atoms in total. The Morgan fingerprint density at radius 3 is 2.69 bits per heavy atom. The number of pyridine rings is 1. The molecule has 2 aromatic carbocycles. The van der Waals surface area contributed by atoms with E-state index in [1.165, 1.54) is 6.07 Å². The van der Waals surface area contributed by atoms with Gasteiger partial charge in [-0.2, -0.15) is 0 Å². The number of nitrogens with zero attached hydrogens (tertiary/aromatic N) is 2. The average molecular weight is 391 g/mol. The Kier molecular flexibility index (Phi) is 6.52. The molecule has 3 aromatic rings. The summed E-state index contributed by atoms with van der Waals surface area (Å²) in [6.07, 6.45) is 1.65. The number of nitrogens with one attached hydrogen (secondary N) is 1. The van der Waals surface area contributed by atoms with Crippen LogP contribution >= 0.6 is 0 Å². The summed E-state index contributed by atoms with van der Waals surface area (Å²) in [7, 11) is 0. The van der Waals surface area contributed by atoms with Crippen LogP contribution in [0.25, 0.3) is 0 Å². The van der Waals surface area contributed by atoms with Crippen molar-refractivity contribution in [3.63, 3.8) is 0 Å². The van der Waals surface area contributed by atoms with Gasteiger partial charge in [-0.05, 0) is 36.8 Å². The third kappa shape index (κ3) is 5.62. The predicted octanol–water partition coefficient (Wildman–Crippen LogP) is 3.99. The molecule has 1 amide bonds. The lowest BCUT2D eigenvalue weighted by Gasteiger charge is -2.16. The van der Waals surface area contributed by atoms with E-state index in [1.807, 2.05) is 49.4 Å². The zero-order chi connectivity index (χ0) is 20.6. The van der Waals surface area contributed by atoms with Gasteiger partial charge in [-0.1, -0.05) is 36.4 Å². The Labute approximate surface area is 168 Å². The first-order valence-electron chi connectivity index (χ1n) is 9.17. The summed E-state index contributed by atoms with van der Waals surface area (Å²) < 4.78 is 5.78. The summed E-state index contributed by atoms with van der Waals surface area (Å²) in [5.41, 5.74) is 2.03. The van der Waals surface area contributed by atoms with Crippen molar-refractivity contribution in [2.75, 3.05) is 0 Å². The highest BCUT2D eigenvalue weighted by Gasteiger charge is 2.17. The maximum atomic E-state index is 12.4. The Hall–Kier alpha value is -3.74. The number of hydrogen-bond donors (Lipinski definition) is 1. The zero-order valence-electron chi connectivity index (χ0n) is 15.9. The van der Waals surface area contributed by atoms with Crippen LogP contribution in [0.5, 0.6) is 5.75 Å². The van der Waals surface area contributed by atoms with Gasteiger partial charge >= 0.3 is 0 Å². The molecular formula is C22H21N3O4. The second-order valence-corrected chi connectivity index (χ2v) is 6.53. The van der Waals surface area contributed by atoms with Crippen LogP contribution in [0, 0.1) is 10.1 Å². The van der Waals surface area contributed by atoms with Crippen molar-refractivity contribution in [3.8, 4) is 5.75 Å². The number of para-hydroxylation sites is 1. The number of hydrogen-bond acceptors (Lipinski definition) is 5. The molecule has 0 aliphatic rings. The Balaban J connectivity index is 1.61. The van der Waals surface area contributed by atoms with E-state index in [-0.39, 0.29) is 24.1 Å². The lowest BCUT2D eigenvalue weighted by molar-refractivity contribution is -0.385. The smallest absolute Gasteiger partial charge is 0.273 e. The summed E-state index contributed by atoms with van der Waals surface area (Å²) in [4.78, 5) is 27.2. The number of amides is 1. The molecule has 7 heteroatoms. The third-order valence-electron chi connectivity index (χ3n) is 4.39. The molecule has 0 aliphatic heterocycles. The van der Waals surface area contributed by atoms with Crippen LogP contribution in [-0.4, -0.2) is 15.8 Å². The minimum Gasteiger partial charge on any atom is -0.487 e. The summed E-state index contributed by atoms with van der Waals surface area (Å²) in [5, 5.41) is 14.0. The highest BCUT2D eigenvalue weighted by Crippen LogP contribution is 2.21.